The van der Waals surface area contributed by atoms with E-state index in [0.29, 0.717) is 31.7 Å². The lowest BCUT2D eigenvalue weighted by atomic mass is 10.1. The van der Waals surface area contributed by atoms with Crippen LogP contribution in [0.4, 0.5) is 5.69 Å². The zero-order valence-electron chi connectivity index (χ0n) is 15.7. The first-order chi connectivity index (χ1) is 12.8. The van der Waals surface area contributed by atoms with Gasteiger partial charge in [-0.2, -0.15) is 17.0 Å². The molecule has 2 aromatic rings. The zero-order valence-corrected chi connectivity index (χ0v) is 16.5. The molecule has 0 bridgehead atoms. The maximum Gasteiger partial charge on any atom is 0.282 e. The van der Waals surface area contributed by atoms with Gasteiger partial charge < -0.3 is 5.32 Å². The molecule has 0 radical (unpaired) electrons. The first-order valence-corrected chi connectivity index (χ1v) is 10.4. The molecule has 0 saturated carbocycles. The average Bonchev–Trinajstić information content (AvgIpc) is 2.58. The molecule has 1 N–H and O–H groups in total. The highest BCUT2D eigenvalue weighted by atomic mass is 32.2. The quantitative estimate of drug-likeness (QED) is 0.858. The minimum Gasteiger partial charge on any atom is -0.325 e. The summed E-state index contributed by atoms with van der Waals surface area (Å²) >= 11 is 0. The summed E-state index contributed by atoms with van der Waals surface area (Å²) in [5.41, 5.74) is 3.71. The lowest BCUT2D eigenvalue weighted by molar-refractivity contribution is -0.116. The number of amides is 1. The van der Waals surface area contributed by atoms with E-state index in [-0.39, 0.29) is 12.5 Å². The van der Waals surface area contributed by atoms with Crippen LogP contribution in [0, 0.1) is 13.8 Å². The van der Waals surface area contributed by atoms with Crippen LogP contribution in [0.3, 0.4) is 0 Å². The van der Waals surface area contributed by atoms with E-state index >= 15 is 0 Å². The molecule has 1 saturated heterocycles. The van der Waals surface area contributed by atoms with E-state index in [0.717, 1.165) is 16.7 Å². The molecule has 27 heavy (non-hydrogen) atoms. The molecule has 1 heterocycles. The molecule has 2 aromatic carbocycles. The van der Waals surface area contributed by atoms with Crippen LogP contribution in [0.5, 0.6) is 0 Å². The second kappa shape index (κ2) is 8.21. The number of benzene rings is 2. The summed E-state index contributed by atoms with van der Waals surface area (Å²) in [6, 6.07) is 15.3. The fourth-order valence-electron chi connectivity index (χ4n) is 3.33. The molecule has 0 spiro atoms. The fourth-order valence-corrected chi connectivity index (χ4v) is 4.97. The highest BCUT2D eigenvalue weighted by molar-refractivity contribution is 7.86. The summed E-state index contributed by atoms with van der Waals surface area (Å²) in [4.78, 5) is 12.4. The lowest BCUT2D eigenvalue weighted by Crippen LogP contribution is -2.51. The Balaban J connectivity index is 1.67. The van der Waals surface area contributed by atoms with Crippen LogP contribution in [0.2, 0.25) is 0 Å². The van der Waals surface area contributed by atoms with Gasteiger partial charge in [0.25, 0.3) is 10.2 Å². The molecule has 1 amide bonds. The highest BCUT2D eigenvalue weighted by Crippen LogP contribution is 2.20. The maximum atomic E-state index is 12.9. The number of aryl methyl sites for hydroxylation is 2. The van der Waals surface area contributed by atoms with Gasteiger partial charge in [0.05, 0.1) is 6.54 Å². The van der Waals surface area contributed by atoms with Crippen molar-refractivity contribution in [1.82, 2.24) is 8.61 Å². The van der Waals surface area contributed by atoms with Gasteiger partial charge in [-0.25, -0.2) is 0 Å². The highest BCUT2D eigenvalue weighted by Gasteiger charge is 2.34. The summed E-state index contributed by atoms with van der Waals surface area (Å²) in [6.07, 6.45) is 0.697. The van der Waals surface area contributed by atoms with E-state index in [4.69, 9.17) is 0 Å². The topological polar surface area (TPSA) is 69.7 Å². The number of hydrogen-bond donors (Lipinski definition) is 1. The molecule has 7 heteroatoms. The van der Waals surface area contributed by atoms with Gasteiger partial charge >= 0.3 is 0 Å². The van der Waals surface area contributed by atoms with Gasteiger partial charge in [-0.15, -0.1) is 0 Å². The van der Waals surface area contributed by atoms with E-state index in [1.807, 2.05) is 62.4 Å². The van der Waals surface area contributed by atoms with Crippen LogP contribution < -0.4 is 5.32 Å². The summed E-state index contributed by atoms with van der Waals surface area (Å²) in [7, 11) is -3.66. The molecule has 0 atom stereocenters. The Kier molecular flexibility index (Phi) is 5.94. The van der Waals surface area contributed by atoms with Crippen molar-refractivity contribution in [2.45, 2.75) is 26.8 Å². The van der Waals surface area contributed by atoms with Gasteiger partial charge in [0.15, 0.2) is 0 Å². The largest absolute Gasteiger partial charge is 0.325 e. The molecule has 0 aliphatic carbocycles. The van der Waals surface area contributed by atoms with Crippen molar-refractivity contribution in [3.63, 3.8) is 0 Å². The van der Waals surface area contributed by atoms with Crippen molar-refractivity contribution in [2.24, 2.45) is 0 Å². The second-order valence-electron chi connectivity index (χ2n) is 6.94. The third-order valence-corrected chi connectivity index (χ3v) is 6.42. The van der Waals surface area contributed by atoms with Crippen LogP contribution in [-0.2, 0) is 21.5 Å². The number of rotatable bonds is 5. The van der Waals surface area contributed by atoms with Gasteiger partial charge in [-0.05, 0) is 49.1 Å². The van der Waals surface area contributed by atoms with Crippen molar-refractivity contribution < 1.29 is 13.2 Å². The van der Waals surface area contributed by atoms with Crippen LogP contribution in [0.15, 0.2) is 48.5 Å². The Morgan fingerprint density at radius 1 is 1.00 bits per heavy atom. The number of nitrogens with zero attached hydrogens (tertiary/aromatic N) is 2. The first-order valence-electron chi connectivity index (χ1n) is 9.02. The maximum absolute atomic E-state index is 12.9. The summed E-state index contributed by atoms with van der Waals surface area (Å²) in [6.45, 7) is 4.87. The monoisotopic (exact) mass is 387 g/mol. The molecule has 0 aromatic heterocycles. The minimum atomic E-state index is -3.66. The van der Waals surface area contributed by atoms with Gasteiger partial charge in [0.1, 0.15) is 0 Å². The molecule has 0 unspecified atom stereocenters. The Hall–Kier alpha value is -2.22. The molecular weight excluding hydrogens is 362 g/mol. The van der Waals surface area contributed by atoms with Gasteiger partial charge in [0.2, 0.25) is 5.91 Å². The van der Waals surface area contributed by atoms with E-state index < -0.39 is 10.2 Å². The van der Waals surface area contributed by atoms with Gasteiger partial charge in [0, 0.05) is 25.3 Å². The second-order valence-corrected chi connectivity index (χ2v) is 8.87. The Morgan fingerprint density at radius 2 is 1.63 bits per heavy atom. The number of hydrogen-bond acceptors (Lipinski definition) is 3. The fraction of sp³-hybridized carbons (Fsp3) is 0.350. The third kappa shape index (κ3) is 4.94. The summed E-state index contributed by atoms with van der Waals surface area (Å²) in [5.74, 6) is -0.329. The Labute approximate surface area is 161 Å². The average molecular weight is 388 g/mol. The van der Waals surface area contributed by atoms with Crippen LogP contribution >= 0.6 is 0 Å². The molecule has 1 aliphatic heterocycles. The van der Waals surface area contributed by atoms with E-state index in [1.165, 1.54) is 8.61 Å². The summed E-state index contributed by atoms with van der Waals surface area (Å²) in [5, 5.41) is 2.81. The van der Waals surface area contributed by atoms with Crippen molar-refractivity contribution >= 4 is 21.8 Å². The number of carbonyl (C=O) groups is 1. The minimum absolute atomic E-state index is 0.180. The van der Waals surface area contributed by atoms with Crippen molar-refractivity contribution in [3.8, 4) is 0 Å². The molecule has 6 nitrogen and oxygen atoms in total. The zero-order chi connectivity index (χ0) is 19.4. The first kappa shape index (κ1) is 19.5. The lowest BCUT2D eigenvalue weighted by Gasteiger charge is -2.34. The van der Waals surface area contributed by atoms with Crippen molar-refractivity contribution in [2.75, 3.05) is 25.0 Å². The van der Waals surface area contributed by atoms with Crippen LogP contribution in [-0.4, -0.2) is 42.6 Å². The SMILES string of the molecule is Cc1cc(C)cc(NC(=O)CN2CCCN(Cc3ccccc3)S2(=O)=O)c1. The van der Waals surface area contributed by atoms with Gasteiger partial charge in [-0.1, -0.05) is 36.4 Å². The predicted molar refractivity (Wildman–Crippen MR) is 107 cm³/mol. The molecular formula is C20H25N3O3S. The van der Waals surface area contributed by atoms with Crippen molar-refractivity contribution in [3.05, 3.63) is 65.2 Å². The predicted octanol–water partition coefficient (Wildman–Crippen LogP) is 2.69. The van der Waals surface area contributed by atoms with Crippen LogP contribution in [0.1, 0.15) is 23.1 Å². The molecule has 144 valence electrons. The normalized spacial score (nSPS) is 17.6. The number of carbonyl (C=O) groups excluding carboxylic acids is 1. The van der Waals surface area contributed by atoms with Crippen molar-refractivity contribution in [1.29, 1.82) is 0 Å². The van der Waals surface area contributed by atoms with E-state index in [2.05, 4.69) is 5.32 Å². The standard InChI is InChI=1S/C20H25N3O3S/c1-16-11-17(2)13-19(12-16)21-20(24)15-23-10-6-9-22(27(23,25)26)14-18-7-4-3-5-8-18/h3-5,7-8,11-13H,6,9-10,14-15H2,1-2H3,(H,21,24). The Morgan fingerprint density at radius 3 is 2.30 bits per heavy atom. The van der Waals surface area contributed by atoms with E-state index in [9.17, 15) is 13.2 Å². The molecule has 3 rings (SSSR count). The molecule has 1 fully saturated rings. The summed E-state index contributed by atoms with van der Waals surface area (Å²) < 4.78 is 28.5. The number of nitrogens with one attached hydrogen (secondary N) is 1. The smallest absolute Gasteiger partial charge is 0.282 e. The van der Waals surface area contributed by atoms with Gasteiger partial charge in [-0.3, -0.25) is 4.79 Å². The number of anilines is 1. The van der Waals surface area contributed by atoms with E-state index in [1.54, 1.807) is 0 Å². The van der Waals surface area contributed by atoms with Crippen LogP contribution in [0.25, 0.3) is 0 Å². The third-order valence-electron chi connectivity index (χ3n) is 4.49. The molecule has 1 aliphatic rings. The Bertz CT molecular complexity index is 893.